The van der Waals surface area contributed by atoms with Crippen molar-refractivity contribution >= 4 is 15.9 Å². The largest absolute Gasteiger partial charge is 0.0848 e. The Labute approximate surface area is 239 Å². The van der Waals surface area contributed by atoms with Crippen molar-refractivity contribution in [3.63, 3.8) is 0 Å². The van der Waals surface area contributed by atoms with Crippen LogP contribution in [0.2, 0.25) is 0 Å². The van der Waals surface area contributed by atoms with Crippen LogP contribution in [0.3, 0.4) is 0 Å². The van der Waals surface area contributed by atoms with Crippen molar-refractivity contribution < 1.29 is 0 Å². The van der Waals surface area contributed by atoms with Crippen molar-refractivity contribution in [2.75, 3.05) is 0 Å². The van der Waals surface area contributed by atoms with Gasteiger partial charge in [0.25, 0.3) is 0 Å². The normalized spacial score (nSPS) is 13.8. The van der Waals surface area contributed by atoms with Gasteiger partial charge in [-0.1, -0.05) is 217 Å². The summed E-state index contributed by atoms with van der Waals surface area (Å²) in [6.07, 6.45) is 40.3. The predicted molar refractivity (Wildman–Crippen MR) is 172 cm³/mol. The van der Waals surface area contributed by atoms with E-state index < -0.39 is 0 Å². The first-order chi connectivity index (χ1) is 17.4. The fourth-order valence-electron chi connectivity index (χ4n) is 5.72. The summed E-state index contributed by atoms with van der Waals surface area (Å²) in [7, 11) is 0. The van der Waals surface area contributed by atoms with E-state index >= 15 is 0 Å². The van der Waals surface area contributed by atoms with Crippen LogP contribution in [0.25, 0.3) is 0 Å². The Balaban J connectivity index is 3.70. The van der Waals surface area contributed by atoms with Crippen molar-refractivity contribution in [3.05, 3.63) is 0 Å². The van der Waals surface area contributed by atoms with Crippen molar-refractivity contribution in [3.8, 4) is 0 Å². The summed E-state index contributed by atoms with van der Waals surface area (Å²) in [5.74, 6) is 0. The quantitative estimate of drug-likeness (QED) is 0.0647. The van der Waals surface area contributed by atoms with Crippen molar-refractivity contribution in [1.82, 2.24) is 0 Å². The van der Waals surface area contributed by atoms with Crippen LogP contribution in [-0.4, -0.2) is 4.32 Å². The molecule has 0 bridgehead atoms. The van der Waals surface area contributed by atoms with Crippen LogP contribution in [0.5, 0.6) is 0 Å². The first kappa shape index (κ1) is 36.5. The van der Waals surface area contributed by atoms with Crippen LogP contribution >= 0.6 is 15.9 Å². The van der Waals surface area contributed by atoms with Gasteiger partial charge in [-0.2, -0.15) is 0 Å². The first-order valence-electron chi connectivity index (χ1n) is 17.1. The van der Waals surface area contributed by atoms with E-state index in [2.05, 4.69) is 50.5 Å². The van der Waals surface area contributed by atoms with Crippen LogP contribution in [0.1, 0.15) is 214 Å². The van der Waals surface area contributed by atoms with E-state index in [-0.39, 0.29) is 0 Å². The Hall–Kier alpha value is 0.480. The minimum atomic E-state index is 0.329. The molecule has 0 aromatic heterocycles. The van der Waals surface area contributed by atoms with Gasteiger partial charge in [-0.25, -0.2) is 0 Å². The van der Waals surface area contributed by atoms with Crippen LogP contribution in [-0.2, 0) is 0 Å². The number of hydrogen-bond acceptors (Lipinski definition) is 0. The van der Waals surface area contributed by atoms with Crippen molar-refractivity contribution in [2.24, 2.45) is 5.41 Å². The fourth-order valence-corrected chi connectivity index (χ4v) is 6.28. The molecular weight excluding hydrogens is 500 g/mol. The highest BCUT2D eigenvalue weighted by Gasteiger charge is 2.38. The number of hydrogen-bond donors (Lipinski definition) is 0. The zero-order valence-electron chi connectivity index (χ0n) is 26.2. The smallest absolute Gasteiger partial charge is 0.0306 e. The Bertz CT molecular complexity index is 423. The van der Waals surface area contributed by atoms with E-state index in [4.69, 9.17) is 0 Å². The molecule has 0 rings (SSSR count). The molecule has 1 unspecified atom stereocenters. The highest BCUT2D eigenvalue weighted by molar-refractivity contribution is 9.10. The van der Waals surface area contributed by atoms with Gasteiger partial charge in [-0.05, 0) is 18.3 Å². The highest BCUT2D eigenvalue weighted by Crippen LogP contribution is 2.46. The van der Waals surface area contributed by atoms with E-state index in [1.807, 2.05) is 0 Å². The van der Waals surface area contributed by atoms with Crippen LogP contribution in [0.4, 0.5) is 0 Å². The number of unbranched alkanes of at least 4 members (excludes halogenated alkanes) is 24. The third-order valence-corrected chi connectivity index (χ3v) is 10.7. The number of rotatable bonds is 28. The molecule has 0 aromatic carbocycles. The minimum Gasteiger partial charge on any atom is -0.0848 e. The average Bonchev–Trinajstić information content (AvgIpc) is 2.84. The van der Waals surface area contributed by atoms with Gasteiger partial charge < -0.3 is 0 Å². The lowest BCUT2D eigenvalue weighted by atomic mass is 9.74. The van der Waals surface area contributed by atoms with Gasteiger partial charge in [-0.3, -0.25) is 0 Å². The maximum Gasteiger partial charge on any atom is 0.0306 e. The topological polar surface area (TPSA) is 0 Å². The standard InChI is InChI=1S/C35H71Br/c1-6-8-10-12-14-16-18-20-21-23-25-27-29-31-33-35(36,34(3,4)5)32-30-28-26-24-22-19-17-15-13-11-9-7-2/h6-33H2,1-5H3. The second-order valence-corrected chi connectivity index (χ2v) is 14.7. The lowest BCUT2D eigenvalue weighted by molar-refractivity contribution is 0.246. The van der Waals surface area contributed by atoms with Gasteiger partial charge in [0, 0.05) is 4.32 Å². The second kappa shape index (κ2) is 25.7. The third-order valence-electron chi connectivity index (χ3n) is 8.70. The summed E-state index contributed by atoms with van der Waals surface area (Å²) < 4.78 is 0.329. The number of alkyl halides is 1. The van der Waals surface area contributed by atoms with E-state index in [0.717, 1.165) is 0 Å². The Morgan fingerprint density at radius 2 is 0.528 bits per heavy atom. The lowest BCUT2D eigenvalue weighted by Gasteiger charge is -2.41. The molecule has 0 radical (unpaired) electrons. The Morgan fingerprint density at radius 1 is 0.333 bits per heavy atom. The molecule has 0 fully saturated rings. The Kier molecular flexibility index (Phi) is 26.1. The van der Waals surface area contributed by atoms with E-state index in [1.54, 1.807) is 0 Å². The van der Waals surface area contributed by atoms with Crippen molar-refractivity contribution in [2.45, 2.75) is 219 Å². The molecule has 0 spiro atoms. The summed E-state index contributed by atoms with van der Waals surface area (Å²) >= 11 is 4.27. The molecule has 0 aliphatic carbocycles. The lowest BCUT2D eigenvalue weighted by Crippen LogP contribution is -2.36. The molecule has 0 saturated heterocycles. The van der Waals surface area contributed by atoms with Gasteiger partial charge in [-0.15, -0.1) is 0 Å². The van der Waals surface area contributed by atoms with Crippen LogP contribution < -0.4 is 0 Å². The molecule has 36 heavy (non-hydrogen) atoms. The van der Waals surface area contributed by atoms with E-state index in [9.17, 15) is 0 Å². The maximum absolute atomic E-state index is 4.27. The summed E-state index contributed by atoms with van der Waals surface area (Å²) in [6, 6.07) is 0. The zero-order valence-corrected chi connectivity index (χ0v) is 27.8. The molecule has 0 aliphatic heterocycles. The maximum atomic E-state index is 4.27. The number of halogens is 1. The van der Waals surface area contributed by atoms with E-state index in [0.29, 0.717) is 9.74 Å². The molecule has 218 valence electrons. The minimum absolute atomic E-state index is 0.329. The molecule has 0 saturated carbocycles. The summed E-state index contributed by atoms with van der Waals surface area (Å²) in [5, 5.41) is 0. The third kappa shape index (κ3) is 22.5. The van der Waals surface area contributed by atoms with Crippen LogP contribution in [0.15, 0.2) is 0 Å². The van der Waals surface area contributed by atoms with Gasteiger partial charge >= 0.3 is 0 Å². The second-order valence-electron chi connectivity index (χ2n) is 13.2. The molecular formula is C35H71Br. The highest BCUT2D eigenvalue weighted by atomic mass is 79.9. The molecule has 0 amide bonds. The monoisotopic (exact) mass is 570 g/mol. The van der Waals surface area contributed by atoms with Crippen LogP contribution in [0, 0.1) is 5.41 Å². The molecule has 1 atom stereocenters. The van der Waals surface area contributed by atoms with Gasteiger partial charge in [0.15, 0.2) is 0 Å². The van der Waals surface area contributed by atoms with Gasteiger partial charge in [0.1, 0.15) is 0 Å². The average molecular weight is 572 g/mol. The SMILES string of the molecule is CCCCCCCCCCCCCCCCC(Br)(CCCCCCCCCCCCCC)C(C)(C)C. The molecule has 0 aromatic rings. The fraction of sp³-hybridized carbons (Fsp3) is 1.00. The van der Waals surface area contributed by atoms with Gasteiger partial charge in [0.2, 0.25) is 0 Å². The predicted octanol–water partition coefficient (Wildman–Crippen LogP) is 14.1. The van der Waals surface area contributed by atoms with E-state index in [1.165, 1.54) is 180 Å². The Morgan fingerprint density at radius 3 is 0.722 bits per heavy atom. The van der Waals surface area contributed by atoms with Gasteiger partial charge in [0.05, 0.1) is 0 Å². The molecule has 0 nitrogen and oxygen atoms in total. The zero-order chi connectivity index (χ0) is 26.8. The molecule has 1 heteroatoms. The summed E-state index contributed by atoms with van der Waals surface area (Å²) in [4.78, 5) is 0. The molecule has 0 heterocycles. The van der Waals surface area contributed by atoms with Crippen molar-refractivity contribution in [1.29, 1.82) is 0 Å². The first-order valence-corrected chi connectivity index (χ1v) is 17.9. The molecule has 0 N–H and O–H groups in total. The summed E-state index contributed by atoms with van der Waals surface area (Å²) in [6.45, 7) is 12.0. The molecule has 0 aliphatic rings. The summed E-state index contributed by atoms with van der Waals surface area (Å²) in [5.41, 5.74) is 0.349.